The third kappa shape index (κ3) is 3.79. The molecule has 1 aromatic carbocycles. The van der Waals surface area contributed by atoms with Crippen molar-refractivity contribution in [2.24, 2.45) is 0 Å². The second-order valence-electron chi connectivity index (χ2n) is 5.99. The second-order valence-corrected chi connectivity index (χ2v) is 7.93. The molecule has 1 aromatic rings. The first-order chi connectivity index (χ1) is 9.70. The zero-order chi connectivity index (χ0) is 15.7. The molecule has 118 valence electrons. The maximum Gasteiger partial charge on any atom is 0.410 e. The molecule has 0 atom stereocenters. The zero-order valence-electron chi connectivity index (χ0n) is 12.6. The van der Waals surface area contributed by atoms with Crippen LogP contribution < -0.4 is 0 Å². The molecule has 0 radical (unpaired) electrons. The van der Waals surface area contributed by atoms with E-state index in [0.717, 1.165) is 0 Å². The van der Waals surface area contributed by atoms with Gasteiger partial charge >= 0.3 is 6.09 Å². The highest BCUT2D eigenvalue weighted by Gasteiger charge is 2.30. The lowest BCUT2D eigenvalue weighted by molar-refractivity contribution is 0.0192. The quantitative estimate of drug-likeness (QED) is 0.779. The van der Waals surface area contributed by atoms with Crippen LogP contribution >= 0.6 is 0 Å². The number of amides is 1. The highest BCUT2D eigenvalue weighted by atomic mass is 32.2. The van der Waals surface area contributed by atoms with Crippen LogP contribution in [0.25, 0.3) is 0 Å². The van der Waals surface area contributed by atoms with E-state index in [2.05, 4.69) is 0 Å². The van der Waals surface area contributed by atoms with Crippen molar-refractivity contribution in [3.63, 3.8) is 0 Å². The fourth-order valence-corrected chi connectivity index (χ4v) is 3.56. The summed E-state index contributed by atoms with van der Waals surface area (Å²) >= 11 is 0. The van der Waals surface area contributed by atoms with E-state index >= 15 is 0 Å². The maximum absolute atomic E-state index is 12.3. The number of hydrogen-bond donors (Lipinski definition) is 0. The second kappa shape index (κ2) is 5.73. The van der Waals surface area contributed by atoms with E-state index in [0.29, 0.717) is 18.0 Å². The van der Waals surface area contributed by atoms with Crippen LogP contribution in [0.4, 0.5) is 4.79 Å². The van der Waals surface area contributed by atoms with Crippen LogP contribution in [0.5, 0.6) is 0 Å². The number of nitrogens with zero attached hydrogens (tertiary/aromatic N) is 2. The van der Waals surface area contributed by atoms with E-state index < -0.39 is 21.7 Å². The van der Waals surface area contributed by atoms with Crippen molar-refractivity contribution in [3.05, 3.63) is 24.3 Å². The Morgan fingerprint density at radius 2 is 1.86 bits per heavy atom. The van der Waals surface area contributed by atoms with Gasteiger partial charge in [-0.25, -0.2) is 19.3 Å². The van der Waals surface area contributed by atoms with Gasteiger partial charge in [0.1, 0.15) is 5.60 Å². The van der Waals surface area contributed by atoms with Crippen molar-refractivity contribution < 1.29 is 17.9 Å². The summed E-state index contributed by atoms with van der Waals surface area (Å²) in [5.74, 6) is 0. The summed E-state index contributed by atoms with van der Waals surface area (Å²) in [4.78, 5) is 13.8. The van der Waals surface area contributed by atoms with E-state index in [1.54, 1.807) is 49.9 Å². The van der Waals surface area contributed by atoms with Crippen LogP contribution in [0.15, 0.2) is 29.2 Å². The molecule has 6 nitrogen and oxygen atoms in total. The fourth-order valence-electron chi connectivity index (χ4n) is 2.11. The molecule has 1 aliphatic rings. The molecule has 0 N–H and O–H groups in total. The third-order valence-corrected chi connectivity index (χ3v) is 5.07. The van der Waals surface area contributed by atoms with Gasteiger partial charge in [-0.05, 0) is 25.7 Å². The molecule has 1 aliphatic heterocycles. The van der Waals surface area contributed by atoms with E-state index in [1.165, 1.54) is 4.31 Å². The Hall–Kier alpha value is -1.47. The molecule has 0 aliphatic carbocycles. The Morgan fingerprint density at radius 3 is 2.33 bits per heavy atom. The van der Waals surface area contributed by atoms with Gasteiger partial charge in [-0.2, -0.15) is 22.5 Å². The first kappa shape index (κ1) is 15.9. The Balaban J connectivity index is 1.96. The lowest BCUT2D eigenvalue weighted by Gasteiger charge is -2.35. The predicted molar refractivity (Wildman–Crippen MR) is 78.6 cm³/mol. The number of hydrogen-bond acceptors (Lipinski definition) is 4. The summed E-state index contributed by atoms with van der Waals surface area (Å²) in [5.41, 5.74) is -0.546. The Labute approximate surface area is 125 Å². The van der Waals surface area contributed by atoms with Gasteiger partial charge in [-0.1, -0.05) is 0 Å². The van der Waals surface area contributed by atoms with Crippen molar-refractivity contribution in [1.29, 1.82) is 0 Å². The molecule has 1 amide bonds. The lowest BCUT2D eigenvalue weighted by Crippen LogP contribution is -2.51. The minimum Gasteiger partial charge on any atom is -0.444 e. The summed E-state index contributed by atoms with van der Waals surface area (Å²) in [7, 11) is -3.45. The van der Waals surface area contributed by atoms with E-state index in [1.807, 2.05) is 0 Å². The molecule has 0 aromatic heterocycles. The summed E-state index contributed by atoms with van der Waals surface area (Å²) < 4.78 is 31.4. The molecule has 7 heteroatoms. The van der Waals surface area contributed by atoms with Crippen molar-refractivity contribution in [2.45, 2.75) is 31.3 Å². The monoisotopic (exact) mass is 313 g/mol. The van der Waals surface area contributed by atoms with Gasteiger partial charge in [0.05, 0.1) is 0 Å². The van der Waals surface area contributed by atoms with Crippen LogP contribution in [-0.2, 0) is 14.8 Å². The molecule has 21 heavy (non-hydrogen) atoms. The summed E-state index contributed by atoms with van der Waals surface area (Å²) in [6.45, 7) is 6.67. The molecule has 2 rings (SSSR count). The number of ether oxygens (including phenoxy) is 1. The standard InChI is InChI=1S/C14H21N2O4S/c1-14(2,3)20-13(17)15-8-10-16(11-9-15)21(18,19)12-6-4-5-7-12/h4-7H,8-11H2,1-3H3/q-1. The lowest BCUT2D eigenvalue weighted by atomic mass is 10.2. The third-order valence-electron chi connectivity index (χ3n) is 3.16. The van der Waals surface area contributed by atoms with Crippen LogP contribution in [0.2, 0.25) is 0 Å². The molecule has 0 spiro atoms. The molecular weight excluding hydrogens is 292 g/mol. The van der Waals surface area contributed by atoms with Crippen LogP contribution in [-0.4, -0.2) is 55.5 Å². The predicted octanol–water partition coefficient (Wildman–Crippen LogP) is 1.65. The average Bonchev–Trinajstić information content (AvgIpc) is 2.91. The maximum atomic E-state index is 12.3. The van der Waals surface area contributed by atoms with Crippen LogP contribution in [0.1, 0.15) is 20.8 Å². The van der Waals surface area contributed by atoms with Gasteiger partial charge < -0.3 is 9.64 Å². The minimum atomic E-state index is -3.45. The highest BCUT2D eigenvalue weighted by Crippen LogP contribution is 2.19. The summed E-state index contributed by atoms with van der Waals surface area (Å²) in [5, 5.41) is 0. The fraction of sp³-hybridized carbons (Fsp3) is 0.571. The zero-order valence-corrected chi connectivity index (χ0v) is 13.4. The summed E-state index contributed by atoms with van der Waals surface area (Å²) in [6.07, 6.45) is -0.396. The van der Waals surface area contributed by atoms with Crippen LogP contribution in [0, 0.1) is 0 Å². The molecule has 1 fully saturated rings. The molecule has 0 bridgehead atoms. The largest absolute Gasteiger partial charge is 0.444 e. The number of piperazine rings is 1. The minimum absolute atomic E-state index is 0.284. The topological polar surface area (TPSA) is 66.9 Å². The molecule has 1 saturated heterocycles. The Kier molecular flexibility index (Phi) is 4.34. The van der Waals surface area contributed by atoms with Gasteiger partial charge in [0, 0.05) is 26.2 Å². The highest BCUT2D eigenvalue weighted by molar-refractivity contribution is 7.89. The van der Waals surface area contributed by atoms with E-state index in [4.69, 9.17) is 4.74 Å². The number of sulfonamides is 1. The molecule has 0 saturated carbocycles. The smallest absolute Gasteiger partial charge is 0.410 e. The van der Waals surface area contributed by atoms with Gasteiger partial charge in [0.25, 0.3) is 0 Å². The van der Waals surface area contributed by atoms with E-state index in [9.17, 15) is 13.2 Å². The van der Waals surface area contributed by atoms with Crippen molar-refractivity contribution in [3.8, 4) is 0 Å². The van der Waals surface area contributed by atoms with Crippen molar-refractivity contribution >= 4 is 16.1 Å². The van der Waals surface area contributed by atoms with Gasteiger partial charge in [-0.3, -0.25) is 0 Å². The number of carbonyl (C=O) groups is 1. The normalized spacial score (nSPS) is 17.8. The Morgan fingerprint density at radius 1 is 1.24 bits per heavy atom. The summed E-state index contributed by atoms with van der Waals surface area (Å²) in [6, 6.07) is 6.55. The van der Waals surface area contributed by atoms with Crippen molar-refractivity contribution in [1.82, 2.24) is 9.21 Å². The van der Waals surface area contributed by atoms with E-state index in [-0.39, 0.29) is 13.1 Å². The van der Waals surface area contributed by atoms with Crippen molar-refractivity contribution in [2.75, 3.05) is 26.2 Å². The van der Waals surface area contributed by atoms with Crippen LogP contribution in [0.3, 0.4) is 0 Å². The number of carbonyl (C=O) groups excluding carboxylic acids is 1. The van der Waals surface area contributed by atoms with Gasteiger partial charge in [-0.15, -0.1) is 0 Å². The SMILES string of the molecule is CC(C)(C)OC(=O)N1CCN(S(=O)(=O)c2ccc[cH-]2)CC1. The first-order valence-corrected chi connectivity index (χ1v) is 8.34. The molecule has 0 unspecified atom stereocenters. The molecule has 1 heterocycles. The van der Waals surface area contributed by atoms with Gasteiger partial charge in [0.2, 0.25) is 10.0 Å². The first-order valence-electron chi connectivity index (χ1n) is 6.90. The average molecular weight is 313 g/mol. The Bertz CT molecular complexity index is 579. The number of rotatable bonds is 2. The molecular formula is C14H21N2O4S-. The van der Waals surface area contributed by atoms with Gasteiger partial charge in [0.15, 0.2) is 0 Å².